The maximum Gasteiger partial charge on any atom is 0.222 e. The van der Waals surface area contributed by atoms with Crippen LogP contribution in [0.4, 0.5) is 0 Å². The molecule has 0 bridgehead atoms. The van der Waals surface area contributed by atoms with E-state index in [1.807, 2.05) is 24.1 Å². The molecule has 0 aromatic carbocycles. The fourth-order valence-electron chi connectivity index (χ4n) is 1.48. The van der Waals surface area contributed by atoms with Crippen LogP contribution in [0.3, 0.4) is 0 Å². The van der Waals surface area contributed by atoms with Crippen LogP contribution in [-0.4, -0.2) is 41.0 Å². The number of rotatable bonds is 6. The Labute approximate surface area is 95.3 Å². The van der Waals surface area contributed by atoms with Crippen LogP contribution >= 0.6 is 0 Å². The van der Waals surface area contributed by atoms with E-state index in [1.165, 1.54) is 5.56 Å². The Bertz CT molecular complexity index is 329. The molecule has 0 aliphatic heterocycles. The summed E-state index contributed by atoms with van der Waals surface area (Å²) in [4.78, 5) is 16.2. The molecule has 5 nitrogen and oxygen atoms in total. The molecule has 0 radical (unpaired) electrons. The van der Waals surface area contributed by atoms with Gasteiger partial charge in [-0.25, -0.2) is 0 Å². The molecule has 0 N–H and O–H groups in total. The minimum Gasteiger partial charge on any atom is -0.300 e. The van der Waals surface area contributed by atoms with Gasteiger partial charge in [-0.3, -0.25) is 20.0 Å². The normalized spacial score (nSPS) is 12.7. The van der Waals surface area contributed by atoms with E-state index in [-0.39, 0.29) is 4.92 Å². The minimum absolute atomic E-state index is 0.247. The maximum absolute atomic E-state index is 10.5. The fraction of sp³-hybridized carbons (Fsp3) is 0.545. The van der Waals surface area contributed by atoms with Crippen LogP contribution in [0.25, 0.3) is 0 Å². The maximum atomic E-state index is 10.5. The molecule has 0 saturated carbocycles. The highest BCUT2D eigenvalue weighted by atomic mass is 16.6. The lowest BCUT2D eigenvalue weighted by Crippen LogP contribution is -2.33. The lowest BCUT2D eigenvalue weighted by atomic mass is 10.2. The highest BCUT2D eigenvalue weighted by Crippen LogP contribution is 2.00. The van der Waals surface area contributed by atoms with Gasteiger partial charge in [0.15, 0.2) is 0 Å². The summed E-state index contributed by atoms with van der Waals surface area (Å²) in [5.74, 6) is 0. The molecule has 88 valence electrons. The second-order valence-corrected chi connectivity index (χ2v) is 4.00. The molecule has 1 atom stereocenters. The van der Waals surface area contributed by atoms with Crippen molar-refractivity contribution in [3.05, 3.63) is 40.2 Å². The lowest BCUT2D eigenvalue weighted by Gasteiger charge is -2.16. The zero-order valence-electron chi connectivity index (χ0n) is 9.67. The zero-order chi connectivity index (χ0) is 12.0. The third-order valence-electron chi connectivity index (χ3n) is 2.47. The zero-order valence-corrected chi connectivity index (χ0v) is 9.67. The lowest BCUT2D eigenvalue weighted by molar-refractivity contribution is -0.518. The van der Waals surface area contributed by atoms with Crippen LogP contribution in [0.15, 0.2) is 24.5 Å². The summed E-state index contributed by atoms with van der Waals surface area (Å²) in [5.41, 5.74) is 1.20. The van der Waals surface area contributed by atoms with Gasteiger partial charge in [0.1, 0.15) is 0 Å². The van der Waals surface area contributed by atoms with Crippen molar-refractivity contribution in [2.24, 2.45) is 0 Å². The molecule has 0 aliphatic carbocycles. The van der Waals surface area contributed by atoms with Crippen molar-refractivity contribution in [2.75, 3.05) is 20.1 Å². The fourth-order valence-corrected chi connectivity index (χ4v) is 1.48. The summed E-state index contributed by atoms with van der Waals surface area (Å²) in [6.45, 7) is 2.93. The number of hydrogen-bond donors (Lipinski definition) is 0. The Balaban J connectivity index is 2.30. The largest absolute Gasteiger partial charge is 0.300 e. The summed E-state index contributed by atoms with van der Waals surface area (Å²) >= 11 is 0. The van der Waals surface area contributed by atoms with Crippen LogP contribution in [-0.2, 0) is 6.42 Å². The van der Waals surface area contributed by atoms with Gasteiger partial charge in [-0.1, -0.05) is 0 Å². The van der Waals surface area contributed by atoms with Gasteiger partial charge in [-0.15, -0.1) is 0 Å². The third kappa shape index (κ3) is 4.35. The minimum atomic E-state index is -0.512. The summed E-state index contributed by atoms with van der Waals surface area (Å²) in [7, 11) is 1.90. The van der Waals surface area contributed by atoms with E-state index in [1.54, 1.807) is 19.3 Å². The first-order chi connectivity index (χ1) is 7.59. The second kappa shape index (κ2) is 6.17. The first-order valence-corrected chi connectivity index (χ1v) is 5.30. The SMILES string of the molecule is CC(CN(C)CCc1ccncc1)[N+](=O)[O-]. The first kappa shape index (κ1) is 12.6. The van der Waals surface area contributed by atoms with Gasteiger partial charge in [-0.2, -0.15) is 0 Å². The average molecular weight is 223 g/mol. The van der Waals surface area contributed by atoms with Crippen molar-refractivity contribution >= 4 is 0 Å². The standard InChI is InChI=1S/C11H17N3O2/c1-10(14(15)16)9-13(2)8-5-11-3-6-12-7-4-11/h3-4,6-7,10H,5,8-9H2,1-2H3. The van der Waals surface area contributed by atoms with Crippen LogP contribution in [0.5, 0.6) is 0 Å². The van der Waals surface area contributed by atoms with Gasteiger partial charge < -0.3 is 0 Å². The molecule has 1 aromatic rings. The van der Waals surface area contributed by atoms with E-state index < -0.39 is 6.04 Å². The van der Waals surface area contributed by atoms with Gasteiger partial charge in [0.05, 0.1) is 6.54 Å². The highest BCUT2D eigenvalue weighted by molar-refractivity contribution is 5.09. The van der Waals surface area contributed by atoms with E-state index in [0.717, 1.165) is 13.0 Å². The van der Waals surface area contributed by atoms with E-state index in [4.69, 9.17) is 0 Å². The van der Waals surface area contributed by atoms with Crippen LogP contribution in [0.1, 0.15) is 12.5 Å². The Morgan fingerprint density at radius 3 is 2.69 bits per heavy atom. The van der Waals surface area contributed by atoms with Crippen molar-refractivity contribution < 1.29 is 4.92 Å². The Morgan fingerprint density at radius 1 is 1.50 bits per heavy atom. The molecule has 0 saturated heterocycles. The molecule has 1 heterocycles. The van der Waals surface area contributed by atoms with Crippen molar-refractivity contribution in [2.45, 2.75) is 19.4 Å². The molecule has 0 fully saturated rings. The van der Waals surface area contributed by atoms with E-state index in [9.17, 15) is 10.1 Å². The molecule has 5 heteroatoms. The Hall–Kier alpha value is -1.49. The predicted molar refractivity (Wildman–Crippen MR) is 61.9 cm³/mol. The topological polar surface area (TPSA) is 59.3 Å². The summed E-state index contributed by atoms with van der Waals surface area (Å²) < 4.78 is 0. The van der Waals surface area contributed by atoms with Gasteiger partial charge in [0.2, 0.25) is 6.04 Å². The van der Waals surface area contributed by atoms with Crippen molar-refractivity contribution in [1.29, 1.82) is 0 Å². The van der Waals surface area contributed by atoms with Crippen molar-refractivity contribution in [3.63, 3.8) is 0 Å². The molecule has 1 aromatic heterocycles. The monoisotopic (exact) mass is 223 g/mol. The van der Waals surface area contributed by atoms with Gasteiger partial charge in [-0.05, 0) is 31.2 Å². The number of nitrogens with zero attached hydrogens (tertiary/aromatic N) is 3. The molecule has 1 rings (SSSR count). The Morgan fingerprint density at radius 2 is 2.12 bits per heavy atom. The highest BCUT2D eigenvalue weighted by Gasteiger charge is 2.14. The van der Waals surface area contributed by atoms with E-state index in [0.29, 0.717) is 6.54 Å². The van der Waals surface area contributed by atoms with Crippen LogP contribution in [0.2, 0.25) is 0 Å². The van der Waals surface area contributed by atoms with E-state index in [2.05, 4.69) is 4.98 Å². The smallest absolute Gasteiger partial charge is 0.222 e. The summed E-state index contributed by atoms with van der Waals surface area (Å²) in [6.07, 6.45) is 4.41. The summed E-state index contributed by atoms with van der Waals surface area (Å²) in [6, 6.07) is 3.41. The quantitative estimate of drug-likeness (QED) is 0.537. The van der Waals surface area contributed by atoms with E-state index >= 15 is 0 Å². The Kier molecular flexibility index (Phi) is 4.85. The molecular weight excluding hydrogens is 206 g/mol. The van der Waals surface area contributed by atoms with Crippen LogP contribution in [0, 0.1) is 10.1 Å². The number of hydrogen-bond acceptors (Lipinski definition) is 4. The van der Waals surface area contributed by atoms with Crippen molar-refractivity contribution in [1.82, 2.24) is 9.88 Å². The molecule has 0 aliphatic rings. The number of likely N-dealkylation sites (N-methyl/N-ethyl adjacent to an activating group) is 1. The van der Waals surface area contributed by atoms with Gasteiger partial charge >= 0.3 is 0 Å². The van der Waals surface area contributed by atoms with Gasteiger partial charge in [0.25, 0.3) is 0 Å². The molecule has 0 amide bonds. The third-order valence-corrected chi connectivity index (χ3v) is 2.47. The van der Waals surface area contributed by atoms with Crippen LogP contribution < -0.4 is 0 Å². The molecule has 16 heavy (non-hydrogen) atoms. The molecular formula is C11H17N3O2. The summed E-state index contributed by atoms with van der Waals surface area (Å²) in [5, 5.41) is 10.5. The predicted octanol–water partition coefficient (Wildman–Crippen LogP) is 1.22. The van der Waals surface area contributed by atoms with Gasteiger partial charge in [0, 0.05) is 30.8 Å². The second-order valence-electron chi connectivity index (χ2n) is 4.00. The number of nitro groups is 1. The first-order valence-electron chi connectivity index (χ1n) is 5.30. The van der Waals surface area contributed by atoms with Crippen molar-refractivity contribution in [3.8, 4) is 0 Å². The number of pyridine rings is 1. The molecule has 0 spiro atoms. The molecule has 1 unspecified atom stereocenters. The number of aromatic nitrogens is 1. The average Bonchev–Trinajstić information content (AvgIpc) is 2.27.